The van der Waals surface area contributed by atoms with E-state index in [4.69, 9.17) is 9.84 Å². The molecule has 8 atom stereocenters. The standard InChI is InChI=1S/C28H38N2O2/c1-17-26-25(29-30(17)19-6-8-21(32-4)9-7-19)16-24-22-10-5-18-15-20(31)11-13-27(18,2)23(22)12-14-28(24,26)3/h5-9,17,20,22-24,26,31H,10-16H2,1-4H3/t17-,20-,22+,23-,24-,26-,27-,28-/m0/s1. The molecule has 0 aromatic heterocycles. The molecule has 3 fully saturated rings. The van der Waals surface area contributed by atoms with E-state index in [1.54, 1.807) is 12.7 Å². The third kappa shape index (κ3) is 2.74. The van der Waals surface area contributed by atoms with E-state index in [0.29, 0.717) is 22.8 Å². The van der Waals surface area contributed by atoms with Crippen molar-refractivity contribution in [1.82, 2.24) is 0 Å². The summed E-state index contributed by atoms with van der Waals surface area (Å²) in [6, 6.07) is 8.77. The molecule has 4 aliphatic carbocycles. The van der Waals surface area contributed by atoms with Gasteiger partial charge in [-0.1, -0.05) is 25.5 Å². The lowest BCUT2D eigenvalue weighted by atomic mass is 9.47. The van der Waals surface area contributed by atoms with Gasteiger partial charge in [0.1, 0.15) is 5.75 Å². The van der Waals surface area contributed by atoms with Gasteiger partial charge in [0.2, 0.25) is 0 Å². The third-order valence-electron chi connectivity index (χ3n) is 10.5. The van der Waals surface area contributed by atoms with Gasteiger partial charge in [0.05, 0.1) is 24.9 Å². The first-order chi connectivity index (χ1) is 15.3. The van der Waals surface area contributed by atoms with Crippen molar-refractivity contribution in [3.63, 3.8) is 0 Å². The predicted octanol–water partition coefficient (Wildman–Crippen LogP) is 5.81. The summed E-state index contributed by atoms with van der Waals surface area (Å²) in [7, 11) is 1.72. The fraction of sp³-hybridized carbons (Fsp3) is 0.679. The van der Waals surface area contributed by atoms with Gasteiger partial charge < -0.3 is 9.84 Å². The highest BCUT2D eigenvalue weighted by Gasteiger charge is 2.63. The van der Waals surface area contributed by atoms with Gasteiger partial charge in [-0.05, 0) is 105 Å². The highest BCUT2D eigenvalue weighted by Crippen LogP contribution is 2.67. The summed E-state index contributed by atoms with van der Waals surface area (Å²) in [6.07, 6.45) is 10.5. The number of benzene rings is 1. The van der Waals surface area contributed by atoms with E-state index in [1.807, 2.05) is 12.1 Å². The van der Waals surface area contributed by atoms with E-state index >= 15 is 0 Å². The van der Waals surface area contributed by atoms with E-state index in [1.165, 1.54) is 37.1 Å². The van der Waals surface area contributed by atoms with Crippen LogP contribution in [0.25, 0.3) is 0 Å². The van der Waals surface area contributed by atoms with Crippen molar-refractivity contribution >= 4 is 11.4 Å². The first kappa shape index (κ1) is 20.8. The Labute approximate surface area is 192 Å². The number of methoxy groups -OCH3 is 1. The lowest BCUT2D eigenvalue weighted by molar-refractivity contribution is -0.0509. The molecule has 0 saturated heterocycles. The Balaban J connectivity index is 1.30. The van der Waals surface area contributed by atoms with Crippen LogP contribution in [0.4, 0.5) is 5.69 Å². The Morgan fingerprint density at radius 2 is 1.84 bits per heavy atom. The molecule has 5 aliphatic rings. The van der Waals surface area contributed by atoms with Crippen molar-refractivity contribution in [2.24, 2.45) is 39.6 Å². The lowest BCUT2D eigenvalue weighted by Crippen LogP contribution is -2.52. The van der Waals surface area contributed by atoms with Gasteiger partial charge >= 0.3 is 0 Å². The summed E-state index contributed by atoms with van der Waals surface area (Å²) in [6.45, 7) is 7.49. The van der Waals surface area contributed by atoms with Gasteiger partial charge in [-0.15, -0.1) is 0 Å². The number of fused-ring (bicyclic) bond motifs is 7. The molecule has 0 spiro atoms. The second-order valence-corrected chi connectivity index (χ2v) is 11.8. The smallest absolute Gasteiger partial charge is 0.119 e. The van der Waals surface area contributed by atoms with Crippen LogP contribution in [-0.4, -0.2) is 30.1 Å². The van der Waals surface area contributed by atoms with Crippen LogP contribution < -0.4 is 9.75 Å². The number of ether oxygens (including phenoxy) is 1. The van der Waals surface area contributed by atoms with Crippen molar-refractivity contribution in [3.8, 4) is 5.75 Å². The highest BCUT2D eigenvalue weighted by atomic mass is 16.5. The molecule has 1 N–H and O–H groups in total. The van der Waals surface area contributed by atoms with Gasteiger partial charge in [0.25, 0.3) is 0 Å². The van der Waals surface area contributed by atoms with E-state index in [9.17, 15) is 5.11 Å². The maximum atomic E-state index is 10.3. The number of aliphatic hydroxyl groups is 1. The Kier molecular flexibility index (Phi) is 4.60. The van der Waals surface area contributed by atoms with Crippen molar-refractivity contribution in [2.45, 2.75) is 77.9 Å². The molecule has 3 saturated carbocycles. The van der Waals surface area contributed by atoms with Crippen molar-refractivity contribution < 1.29 is 9.84 Å². The summed E-state index contributed by atoms with van der Waals surface area (Å²) in [5.74, 6) is 3.74. The molecule has 1 aromatic rings. The summed E-state index contributed by atoms with van der Waals surface area (Å²) in [5, 5.41) is 17.8. The number of rotatable bonds is 2. The summed E-state index contributed by atoms with van der Waals surface area (Å²) in [5.41, 5.74) is 4.84. The van der Waals surface area contributed by atoms with Gasteiger partial charge in [-0.25, -0.2) is 0 Å². The average Bonchev–Trinajstić information content (AvgIpc) is 3.28. The molecule has 1 aliphatic heterocycles. The largest absolute Gasteiger partial charge is 0.497 e. The van der Waals surface area contributed by atoms with E-state index in [0.717, 1.165) is 42.8 Å². The number of hydrazone groups is 1. The van der Waals surface area contributed by atoms with Crippen molar-refractivity contribution in [2.75, 3.05) is 12.1 Å². The highest BCUT2D eigenvalue weighted by molar-refractivity contribution is 5.94. The fourth-order valence-electron chi connectivity index (χ4n) is 8.82. The van der Waals surface area contributed by atoms with Gasteiger partial charge in [-0.2, -0.15) is 5.10 Å². The monoisotopic (exact) mass is 434 g/mol. The molecule has 172 valence electrons. The minimum Gasteiger partial charge on any atom is -0.497 e. The maximum Gasteiger partial charge on any atom is 0.119 e. The van der Waals surface area contributed by atoms with Crippen LogP contribution in [0, 0.1) is 34.5 Å². The lowest BCUT2D eigenvalue weighted by Gasteiger charge is -2.58. The maximum absolute atomic E-state index is 10.3. The summed E-state index contributed by atoms with van der Waals surface area (Å²) in [4.78, 5) is 0. The minimum atomic E-state index is -0.121. The molecule has 0 bridgehead atoms. The molecule has 6 rings (SSSR count). The van der Waals surface area contributed by atoms with Gasteiger partial charge in [0, 0.05) is 11.6 Å². The molecule has 0 amide bonds. The number of aliphatic hydroxyl groups excluding tert-OH is 1. The zero-order valence-corrected chi connectivity index (χ0v) is 20.1. The molecule has 1 heterocycles. The van der Waals surface area contributed by atoms with Crippen LogP contribution in [-0.2, 0) is 0 Å². The summed E-state index contributed by atoms with van der Waals surface area (Å²) >= 11 is 0. The quantitative estimate of drug-likeness (QED) is 0.598. The second-order valence-electron chi connectivity index (χ2n) is 11.8. The normalized spacial score (nSPS) is 44.7. The van der Waals surface area contributed by atoms with Crippen molar-refractivity contribution in [1.29, 1.82) is 0 Å². The average molecular weight is 435 g/mol. The number of allylic oxidation sites excluding steroid dienone is 1. The van der Waals surface area contributed by atoms with Crippen molar-refractivity contribution in [3.05, 3.63) is 35.9 Å². The molecule has 0 unspecified atom stereocenters. The van der Waals surface area contributed by atoms with Crippen LogP contribution >= 0.6 is 0 Å². The molecule has 1 aromatic carbocycles. The van der Waals surface area contributed by atoms with Crippen LogP contribution in [0.1, 0.15) is 65.7 Å². The Morgan fingerprint density at radius 3 is 2.59 bits per heavy atom. The molecule has 32 heavy (non-hydrogen) atoms. The number of hydrogen-bond acceptors (Lipinski definition) is 4. The molecule has 0 radical (unpaired) electrons. The van der Waals surface area contributed by atoms with Gasteiger partial charge in [-0.3, -0.25) is 5.01 Å². The van der Waals surface area contributed by atoms with Crippen LogP contribution in [0.3, 0.4) is 0 Å². The molecular weight excluding hydrogens is 396 g/mol. The first-order valence-corrected chi connectivity index (χ1v) is 12.7. The third-order valence-corrected chi connectivity index (χ3v) is 10.5. The molecule has 4 nitrogen and oxygen atoms in total. The van der Waals surface area contributed by atoms with Crippen LogP contribution in [0.5, 0.6) is 5.75 Å². The van der Waals surface area contributed by atoms with E-state index in [-0.39, 0.29) is 6.10 Å². The fourth-order valence-corrected chi connectivity index (χ4v) is 8.82. The zero-order chi connectivity index (χ0) is 22.3. The first-order valence-electron chi connectivity index (χ1n) is 12.7. The number of nitrogens with zero attached hydrogens (tertiary/aromatic N) is 2. The van der Waals surface area contributed by atoms with Crippen LogP contribution in [0.2, 0.25) is 0 Å². The Bertz CT molecular complexity index is 968. The second kappa shape index (κ2) is 7.09. The van der Waals surface area contributed by atoms with Gasteiger partial charge in [0.15, 0.2) is 0 Å². The minimum absolute atomic E-state index is 0.121. The number of anilines is 1. The molecular formula is C28H38N2O2. The molecule has 4 heteroatoms. The Morgan fingerprint density at radius 1 is 1.06 bits per heavy atom. The van der Waals surface area contributed by atoms with E-state index in [2.05, 4.69) is 44.0 Å². The van der Waals surface area contributed by atoms with Crippen LogP contribution in [0.15, 0.2) is 41.0 Å². The predicted molar refractivity (Wildman–Crippen MR) is 129 cm³/mol. The SMILES string of the molecule is COc1ccc(N2N=C3C[C@H]4[C@@H]5CC=C6C[C@@H](O)CC[C@]6(C)[C@H]5CC[C@]4(C)[C@H]3[C@@H]2C)cc1. The number of hydrogen-bond donors (Lipinski definition) is 1. The topological polar surface area (TPSA) is 45.1 Å². The zero-order valence-electron chi connectivity index (χ0n) is 20.1. The Hall–Kier alpha value is -1.81. The summed E-state index contributed by atoms with van der Waals surface area (Å²) < 4.78 is 5.35. The van der Waals surface area contributed by atoms with E-state index < -0.39 is 0 Å².